The summed E-state index contributed by atoms with van der Waals surface area (Å²) < 4.78 is 0. The number of nitrogens with one attached hydrogen (secondary N) is 1. The van der Waals surface area contributed by atoms with Gasteiger partial charge in [0.05, 0.1) is 5.56 Å². The monoisotopic (exact) mass is 357 g/mol. The molecule has 2 N–H and O–H groups in total. The van der Waals surface area contributed by atoms with Crippen molar-refractivity contribution in [3.8, 4) is 17.6 Å². The van der Waals surface area contributed by atoms with Gasteiger partial charge in [0.25, 0.3) is 0 Å². The molecule has 0 unspecified atom stereocenters. The van der Waals surface area contributed by atoms with Crippen molar-refractivity contribution in [2.75, 3.05) is 0 Å². The topological polar surface area (TPSA) is 32.3 Å². The van der Waals surface area contributed by atoms with Crippen molar-refractivity contribution < 1.29 is 5.11 Å². The predicted molar refractivity (Wildman–Crippen MR) is 114 cm³/mol. The fourth-order valence-corrected chi connectivity index (χ4v) is 3.06. The highest BCUT2D eigenvalue weighted by Gasteiger charge is 2.10. The average molecular weight is 357 g/mol. The number of benzene rings is 3. The fraction of sp³-hybridized carbons (Fsp3) is 0.280. The molecular weight excluding hydrogens is 330 g/mol. The van der Waals surface area contributed by atoms with Gasteiger partial charge < -0.3 is 10.4 Å². The predicted octanol–water partition coefficient (Wildman–Crippen LogP) is 5.79. The zero-order valence-electron chi connectivity index (χ0n) is 16.5. The summed E-state index contributed by atoms with van der Waals surface area (Å²) in [6.45, 7) is 9.04. The molecule has 0 aliphatic heterocycles. The maximum absolute atomic E-state index is 10.3. The number of fused-ring (bicyclic) bond motifs is 1. The normalized spacial score (nSPS) is 12.4. The zero-order valence-corrected chi connectivity index (χ0v) is 16.5. The molecule has 2 nitrogen and oxygen atoms in total. The average Bonchev–Trinajstić information content (AvgIpc) is 2.64. The lowest BCUT2D eigenvalue weighted by Gasteiger charge is -2.17. The van der Waals surface area contributed by atoms with Crippen LogP contribution in [0, 0.1) is 17.3 Å². The van der Waals surface area contributed by atoms with Crippen molar-refractivity contribution in [1.82, 2.24) is 5.32 Å². The van der Waals surface area contributed by atoms with Gasteiger partial charge in [-0.05, 0) is 61.7 Å². The molecule has 27 heavy (non-hydrogen) atoms. The van der Waals surface area contributed by atoms with E-state index in [1.807, 2.05) is 12.1 Å². The van der Waals surface area contributed by atoms with Crippen LogP contribution in [0.2, 0.25) is 0 Å². The molecule has 0 fully saturated rings. The van der Waals surface area contributed by atoms with Crippen molar-refractivity contribution in [2.24, 2.45) is 5.41 Å². The summed E-state index contributed by atoms with van der Waals surface area (Å²) in [6, 6.07) is 20.8. The first kappa shape index (κ1) is 19.0. The molecule has 3 aromatic rings. The minimum Gasteiger partial charge on any atom is -0.507 e. The van der Waals surface area contributed by atoms with E-state index in [0.29, 0.717) is 12.1 Å². The van der Waals surface area contributed by atoms with Gasteiger partial charge >= 0.3 is 0 Å². The smallest absolute Gasteiger partial charge is 0.131 e. The number of rotatable bonds is 4. The lowest BCUT2D eigenvalue weighted by molar-refractivity contribution is 0.471. The summed E-state index contributed by atoms with van der Waals surface area (Å²) >= 11 is 0. The Morgan fingerprint density at radius 3 is 2.48 bits per heavy atom. The highest BCUT2D eigenvalue weighted by atomic mass is 16.3. The van der Waals surface area contributed by atoms with Gasteiger partial charge in [0.15, 0.2) is 0 Å². The van der Waals surface area contributed by atoms with Crippen LogP contribution in [0.15, 0.2) is 60.7 Å². The molecule has 1 atom stereocenters. The van der Waals surface area contributed by atoms with E-state index in [1.54, 1.807) is 6.07 Å². The lowest BCUT2D eigenvalue weighted by Crippen LogP contribution is -2.18. The van der Waals surface area contributed by atoms with Crippen LogP contribution >= 0.6 is 0 Å². The Hall–Kier alpha value is -2.76. The summed E-state index contributed by atoms with van der Waals surface area (Å²) in [5, 5.41) is 16.4. The van der Waals surface area contributed by atoms with E-state index >= 15 is 0 Å². The number of hydrogen-bond acceptors (Lipinski definition) is 2. The van der Waals surface area contributed by atoms with Crippen LogP contribution in [0.5, 0.6) is 5.75 Å². The summed E-state index contributed by atoms with van der Waals surface area (Å²) in [5.74, 6) is 6.47. The van der Waals surface area contributed by atoms with Gasteiger partial charge in [-0.25, -0.2) is 0 Å². The third-order valence-corrected chi connectivity index (χ3v) is 4.54. The first-order chi connectivity index (χ1) is 12.8. The molecule has 2 heteroatoms. The lowest BCUT2D eigenvalue weighted by atomic mass is 9.97. The largest absolute Gasteiger partial charge is 0.507 e. The van der Waals surface area contributed by atoms with E-state index in [4.69, 9.17) is 0 Å². The maximum atomic E-state index is 10.3. The van der Waals surface area contributed by atoms with Crippen molar-refractivity contribution in [2.45, 2.75) is 40.3 Å². The van der Waals surface area contributed by atoms with Crippen molar-refractivity contribution in [3.05, 3.63) is 77.4 Å². The fourth-order valence-electron chi connectivity index (χ4n) is 3.06. The van der Waals surface area contributed by atoms with Crippen LogP contribution in [-0.2, 0) is 6.54 Å². The first-order valence-electron chi connectivity index (χ1n) is 9.39. The number of hydrogen-bond donors (Lipinski definition) is 2. The minimum atomic E-state index is -0.0828. The van der Waals surface area contributed by atoms with Crippen molar-refractivity contribution in [3.63, 3.8) is 0 Å². The van der Waals surface area contributed by atoms with Crippen LogP contribution < -0.4 is 5.32 Å². The second-order valence-electron chi connectivity index (χ2n) is 8.02. The van der Waals surface area contributed by atoms with E-state index in [1.165, 1.54) is 16.3 Å². The van der Waals surface area contributed by atoms with E-state index in [2.05, 4.69) is 87.3 Å². The second-order valence-corrected chi connectivity index (χ2v) is 8.02. The second kappa shape index (κ2) is 7.86. The third kappa shape index (κ3) is 4.90. The summed E-state index contributed by atoms with van der Waals surface area (Å²) in [7, 11) is 0. The molecule has 138 valence electrons. The Bertz CT molecular complexity index is 997. The van der Waals surface area contributed by atoms with Crippen LogP contribution in [0.1, 0.15) is 50.4 Å². The Balaban J connectivity index is 1.72. The zero-order chi connectivity index (χ0) is 19.4. The van der Waals surface area contributed by atoms with Crippen LogP contribution in [0.4, 0.5) is 0 Å². The number of aromatic hydroxyl groups is 1. The standard InChI is InChI=1S/C25H27NO/c1-18(22-11-7-9-20-8-5-6-10-23(20)22)26-17-19-12-13-21(24(27)16-19)14-15-25(2,3)4/h5-13,16,18,26-27H,17H2,1-4H3/t18-/m1/s1. The summed E-state index contributed by atoms with van der Waals surface area (Å²) in [6.07, 6.45) is 0. The van der Waals surface area contributed by atoms with Gasteiger partial charge in [0.2, 0.25) is 0 Å². The van der Waals surface area contributed by atoms with Crippen molar-refractivity contribution in [1.29, 1.82) is 0 Å². The quantitative estimate of drug-likeness (QED) is 0.579. The highest BCUT2D eigenvalue weighted by Crippen LogP contribution is 2.25. The van der Waals surface area contributed by atoms with Crippen molar-refractivity contribution >= 4 is 10.8 Å². The van der Waals surface area contributed by atoms with E-state index in [0.717, 1.165) is 5.56 Å². The van der Waals surface area contributed by atoms with Gasteiger partial charge in [-0.15, -0.1) is 0 Å². The van der Waals surface area contributed by atoms with Gasteiger partial charge in [-0.2, -0.15) is 0 Å². The molecule has 0 heterocycles. The van der Waals surface area contributed by atoms with Gasteiger partial charge in [0, 0.05) is 18.0 Å². The number of phenols is 1. The van der Waals surface area contributed by atoms with E-state index in [-0.39, 0.29) is 17.2 Å². The van der Waals surface area contributed by atoms with Crippen LogP contribution in [0.3, 0.4) is 0 Å². The molecule has 0 aromatic heterocycles. The summed E-state index contributed by atoms with van der Waals surface area (Å²) in [5.41, 5.74) is 2.92. The molecule has 0 bridgehead atoms. The maximum Gasteiger partial charge on any atom is 0.131 e. The molecule has 0 saturated carbocycles. The molecule has 0 saturated heterocycles. The third-order valence-electron chi connectivity index (χ3n) is 4.54. The molecule has 0 aliphatic carbocycles. The SMILES string of the molecule is C[C@@H](NCc1ccc(C#CC(C)(C)C)c(O)c1)c1cccc2ccccc12. The summed E-state index contributed by atoms with van der Waals surface area (Å²) in [4.78, 5) is 0. The van der Waals surface area contributed by atoms with Gasteiger partial charge in [-0.1, -0.05) is 60.4 Å². The Morgan fingerprint density at radius 1 is 1.00 bits per heavy atom. The first-order valence-corrected chi connectivity index (χ1v) is 9.39. The molecular formula is C25H27NO. The van der Waals surface area contributed by atoms with E-state index < -0.39 is 0 Å². The Kier molecular flexibility index (Phi) is 5.54. The molecule has 0 spiro atoms. The van der Waals surface area contributed by atoms with Gasteiger partial charge in [0.1, 0.15) is 5.75 Å². The van der Waals surface area contributed by atoms with Crippen LogP contribution in [-0.4, -0.2) is 5.11 Å². The molecule has 0 amide bonds. The number of phenolic OH excluding ortho intramolecular Hbond substituents is 1. The molecule has 0 radical (unpaired) electrons. The molecule has 3 aromatic carbocycles. The highest BCUT2D eigenvalue weighted by molar-refractivity contribution is 5.86. The Labute approximate surface area is 162 Å². The molecule has 3 rings (SSSR count). The van der Waals surface area contributed by atoms with Crippen LogP contribution in [0.25, 0.3) is 10.8 Å². The van der Waals surface area contributed by atoms with Gasteiger partial charge in [-0.3, -0.25) is 0 Å². The van der Waals surface area contributed by atoms with E-state index in [9.17, 15) is 5.11 Å². The minimum absolute atomic E-state index is 0.0828. The Morgan fingerprint density at radius 2 is 1.74 bits per heavy atom. The molecule has 0 aliphatic rings.